The molecule has 4 aromatic carbocycles. The summed E-state index contributed by atoms with van der Waals surface area (Å²) in [5.74, 6) is -2.32. The zero-order valence-corrected chi connectivity index (χ0v) is 27.4. The molecule has 248 valence electrons. The van der Waals surface area contributed by atoms with Gasteiger partial charge < -0.3 is 30.1 Å². The minimum absolute atomic E-state index is 0.129. The van der Waals surface area contributed by atoms with E-state index in [-0.39, 0.29) is 24.3 Å². The fourth-order valence-corrected chi connectivity index (χ4v) is 8.41. The number of carbonyl (C=O) groups is 3. The summed E-state index contributed by atoms with van der Waals surface area (Å²) < 4.78 is 12.5. The number of likely N-dealkylation sites (tertiary alicyclic amines) is 1. The number of benzene rings is 4. The van der Waals surface area contributed by atoms with E-state index in [4.69, 9.17) is 9.47 Å². The van der Waals surface area contributed by atoms with Gasteiger partial charge in [-0.15, -0.1) is 0 Å². The lowest BCUT2D eigenvalue weighted by Crippen LogP contribution is -2.57. The predicted octanol–water partition coefficient (Wildman–Crippen LogP) is 5.43. The Balaban J connectivity index is 1.27. The summed E-state index contributed by atoms with van der Waals surface area (Å²) in [4.78, 5) is 45.1. The fourth-order valence-electron chi connectivity index (χ4n) is 8.41. The van der Waals surface area contributed by atoms with Crippen LogP contribution >= 0.6 is 0 Å². The van der Waals surface area contributed by atoms with E-state index >= 15 is 0 Å². The summed E-state index contributed by atoms with van der Waals surface area (Å²) in [6, 6.07) is 28.5. The monoisotopic (exact) mass is 647 g/mol. The standard InChI is InChI=1S/C39H41N3O6/c1-4-47-31-18-16-28(17-19-31)40-35(44)32-33-37(46)42(30(23-43)20-25-10-6-5-7-11-25)34(39(33)22-24(2)38(32,3)48-39)36(45)41-29-15-14-26-12-8-9-13-27(26)21-29/h5-19,21,24,30,32-34,43H,4,20,22-23H2,1-3H3,(H,40,44)(H,41,45)/t24?,30-,32-,33+,34?,38+,39?/m1/s1. The van der Waals surface area contributed by atoms with Gasteiger partial charge >= 0.3 is 0 Å². The molecule has 7 rings (SSSR count). The van der Waals surface area contributed by atoms with Gasteiger partial charge in [0.2, 0.25) is 17.7 Å². The van der Waals surface area contributed by atoms with E-state index in [1.807, 2.05) is 93.6 Å². The molecular weight excluding hydrogens is 606 g/mol. The second kappa shape index (κ2) is 12.4. The Labute approximate surface area is 280 Å². The Morgan fingerprint density at radius 1 is 0.938 bits per heavy atom. The summed E-state index contributed by atoms with van der Waals surface area (Å²) in [5, 5.41) is 18.9. The van der Waals surface area contributed by atoms with E-state index in [1.54, 1.807) is 24.3 Å². The van der Waals surface area contributed by atoms with Gasteiger partial charge in [-0.2, -0.15) is 0 Å². The van der Waals surface area contributed by atoms with Gasteiger partial charge in [0.1, 0.15) is 17.4 Å². The molecule has 3 heterocycles. The predicted molar refractivity (Wildman–Crippen MR) is 183 cm³/mol. The molecule has 2 bridgehead atoms. The van der Waals surface area contributed by atoms with Crippen LogP contribution in [0.15, 0.2) is 97.1 Å². The third-order valence-electron chi connectivity index (χ3n) is 10.7. The van der Waals surface area contributed by atoms with Gasteiger partial charge in [-0.05, 0) is 85.3 Å². The van der Waals surface area contributed by atoms with Crippen LogP contribution in [0.4, 0.5) is 11.4 Å². The van der Waals surface area contributed by atoms with E-state index in [0.717, 1.165) is 16.3 Å². The van der Waals surface area contributed by atoms with E-state index in [2.05, 4.69) is 10.6 Å². The Hall–Kier alpha value is -4.73. The molecule has 0 radical (unpaired) electrons. The largest absolute Gasteiger partial charge is 0.494 e. The maximum Gasteiger partial charge on any atom is 0.250 e. The summed E-state index contributed by atoms with van der Waals surface area (Å²) >= 11 is 0. The highest BCUT2D eigenvalue weighted by Crippen LogP contribution is 2.65. The zero-order chi connectivity index (χ0) is 33.6. The smallest absolute Gasteiger partial charge is 0.250 e. The van der Waals surface area contributed by atoms with Crippen molar-refractivity contribution in [3.8, 4) is 5.75 Å². The highest BCUT2D eigenvalue weighted by Gasteiger charge is 2.80. The minimum atomic E-state index is -1.27. The third-order valence-corrected chi connectivity index (χ3v) is 10.7. The van der Waals surface area contributed by atoms with Crippen LogP contribution in [0.3, 0.4) is 0 Å². The molecule has 3 saturated heterocycles. The van der Waals surface area contributed by atoms with Gasteiger partial charge in [0.15, 0.2) is 0 Å². The number of anilines is 2. The van der Waals surface area contributed by atoms with E-state index in [0.29, 0.717) is 36.6 Å². The Kier molecular flexibility index (Phi) is 8.21. The molecule has 1 spiro atoms. The zero-order valence-electron chi connectivity index (χ0n) is 27.4. The highest BCUT2D eigenvalue weighted by molar-refractivity contribution is 6.06. The molecule has 9 heteroatoms. The lowest BCUT2D eigenvalue weighted by Gasteiger charge is -2.37. The van der Waals surface area contributed by atoms with Crippen molar-refractivity contribution in [3.05, 3.63) is 103 Å². The molecule has 3 aliphatic rings. The van der Waals surface area contributed by atoms with Gasteiger partial charge in [-0.25, -0.2) is 0 Å². The van der Waals surface area contributed by atoms with Crippen LogP contribution in [0.25, 0.3) is 10.8 Å². The van der Waals surface area contributed by atoms with Crippen LogP contribution in [0.5, 0.6) is 5.75 Å². The molecule has 7 atom stereocenters. The number of amides is 3. The molecule has 48 heavy (non-hydrogen) atoms. The number of hydrogen-bond donors (Lipinski definition) is 3. The van der Waals surface area contributed by atoms with E-state index in [1.165, 1.54) is 4.90 Å². The van der Waals surface area contributed by atoms with Crippen LogP contribution in [-0.2, 0) is 25.5 Å². The first kappa shape index (κ1) is 31.8. The number of rotatable bonds is 10. The van der Waals surface area contributed by atoms with Crippen molar-refractivity contribution >= 4 is 39.9 Å². The second-order valence-electron chi connectivity index (χ2n) is 13.5. The Bertz CT molecular complexity index is 1850. The van der Waals surface area contributed by atoms with Crippen molar-refractivity contribution in [3.63, 3.8) is 0 Å². The van der Waals surface area contributed by atoms with Crippen LogP contribution in [0, 0.1) is 17.8 Å². The number of nitrogens with one attached hydrogen (secondary N) is 2. The van der Waals surface area contributed by atoms with Crippen LogP contribution in [-0.4, -0.2) is 64.2 Å². The molecule has 0 aliphatic carbocycles. The Morgan fingerprint density at radius 2 is 1.60 bits per heavy atom. The van der Waals surface area contributed by atoms with Gasteiger partial charge in [0.05, 0.1) is 36.7 Å². The van der Waals surface area contributed by atoms with Crippen molar-refractivity contribution in [1.82, 2.24) is 4.90 Å². The molecule has 0 saturated carbocycles. The van der Waals surface area contributed by atoms with Crippen LogP contribution in [0.2, 0.25) is 0 Å². The van der Waals surface area contributed by atoms with E-state index < -0.39 is 41.0 Å². The van der Waals surface area contributed by atoms with Crippen molar-refractivity contribution in [2.45, 2.75) is 56.9 Å². The molecule has 3 N–H and O–H groups in total. The molecular formula is C39H41N3O6. The fraction of sp³-hybridized carbons (Fsp3) is 0.359. The van der Waals surface area contributed by atoms with Crippen LogP contribution in [0.1, 0.15) is 32.8 Å². The number of ether oxygens (including phenoxy) is 2. The van der Waals surface area contributed by atoms with Crippen molar-refractivity contribution < 1.29 is 29.0 Å². The normalized spacial score (nSPS) is 27.9. The summed E-state index contributed by atoms with van der Waals surface area (Å²) in [6.45, 7) is 5.97. The first-order chi connectivity index (χ1) is 23.2. The number of aliphatic hydroxyl groups is 1. The number of carbonyl (C=O) groups excluding carboxylic acids is 3. The topological polar surface area (TPSA) is 117 Å². The minimum Gasteiger partial charge on any atom is -0.494 e. The molecule has 3 unspecified atom stereocenters. The number of nitrogens with zero attached hydrogens (tertiary/aromatic N) is 1. The third kappa shape index (κ3) is 5.22. The van der Waals surface area contributed by atoms with Crippen molar-refractivity contribution in [2.75, 3.05) is 23.8 Å². The second-order valence-corrected chi connectivity index (χ2v) is 13.5. The average Bonchev–Trinajstić information content (AvgIpc) is 3.61. The SMILES string of the molecule is CCOc1ccc(NC(=O)[C@H]2[C@H]3C(=O)N([C@@H](CO)Cc4ccccc4)C(C(=O)Nc4ccc5ccccc5c4)C34CC(C)[C@]2(C)O4)cc1. The number of fused-ring (bicyclic) bond motifs is 2. The first-order valence-electron chi connectivity index (χ1n) is 16.7. The maximum absolute atomic E-state index is 14.8. The van der Waals surface area contributed by atoms with Gasteiger partial charge in [-0.1, -0.05) is 67.6 Å². The lowest BCUT2D eigenvalue weighted by molar-refractivity contribution is -0.147. The van der Waals surface area contributed by atoms with Gasteiger partial charge in [-0.3, -0.25) is 14.4 Å². The van der Waals surface area contributed by atoms with Crippen molar-refractivity contribution in [1.29, 1.82) is 0 Å². The quantitative estimate of drug-likeness (QED) is 0.211. The maximum atomic E-state index is 14.8. The Morgan fingerprint density at radius 3 is 2.31 bits per heavy atom. The summed E-state index contributed by atoms with van der Waals surface area (Å²) in [6.07, 6.45) is 0.754. The first-order valence-corrected chi connectivity index (χ1v) is 16.7. The number of hydrogen-bond acceptors (Lipinski definition) is 6. The highest BCUT2D eigenvalue weighted by atomic mass is 16.5. The molecule has 0 aromatic heterocycles. The molecule has 3 aliphatic heterocycles. The average molecular weight is 648 g/mol. The lowest BCUT2D eigenvalue weighted by atomic mass is 9.62. The van der Waals surface area contributed by atoms with Crippen molar-refractivity contribution in [2.24, 2.45) is 17.8 Å². The number of aliphatic hydroxyl groups excluding tert-OH is 1. The molecule has 3 amide bonds. The van der Waals surface area contributed by atoms with Crippen LogP contribution < -0.4 is 15.4 Å². The summed E-state index contributed by atoms with van der Waals surface area (Å²) in [7, 11) is 0. The molecule has 3 fully saturated rings. The molecule has 9 nitrogen and oxygen atoms in total. The summed E-state index contributed by atoms with van der Waals surface area (Å²) in [5.41, 5.74) is -0.176. The van der Waals surface area contributed by atoms with E-state index in [9.17, 15) is 19.5 Å². The van der Waals surface area contributed by atoms with Gasteiger partial charge in [0, 0.05) is 11.4 Å². The van der Waals surface area contributed by atoms with Gasteiger partial charge in [0.25, 0.3) is 0 Å². The molecule has 4 aromatic rings.